The second kappa shape index (κ2) is 9.77. The molecule has 3 rings (SSSR count). The number of methoxy groups -OCH3 is 1. The molecule has 0 saturated carbocycles. The molecule has 2 aromatic carbocycles. The average molecular weight is 440 g/mol. The first kappa shape index (κ1) is 23.2. The molecule has 0 radical (unpaired) electrons. The Balaban J connectivity index is 2.11. The van der Waals surface area contributed by atoms with Crippen LogP contribution < -0.4 is 9.47 Å². The molecule has 1 atom stereocenters. The predicted molar refractivity (Wildman–Crippen MR) is 120 cm³/mol. The van der Waals surface area contributed by atoms with Crippen molar-refractivity contribution in [3.8, 4) is 17.2 Å². The number of benzene rings is 2. The number of amides is 1. The van der Waals surface area contributed by atoms with E-state index in [4.69, 9.17) is 9.47 Å². The lowest BCUT2D eigenvalue weighted by atomic mass is 9.92. The van der Waals surface area contributed by atoms with Gasteiger partial charge < -0.3 is 24.6 Å². The minimum absolute atomic E-state index is 0.0422. The van der Waals surface area contributed by atoms with Crippen LogP contribution in [0.1, 0.15) is 44.4 Å². The fourth-order valence-electron chi connectivity index (χ4n) is 3.92. The Morgan fingerprint density at radius 3 is 2.50 bits per heavy atom. The van der Waals surface area contributed by atoms with Gasteiger partial charge >= 0.3 is 0 Å². The lowest BCUT2D eigenvalue weighted by molar-refractivity contribution is -0.130. The van der Waals surface area contributed by atoms with Gasteiger partial charge in [0, 0.05) is 12.0 Å². The molecule has 1 heterocycles. The number of carbonyl (C=O) groups excluding carboxylic acids is 2. The minimum atomic E-state index is -0.821. The second-order valence-corrected chi connectivity index (χ2v) is 8.09. The number of phenolic OH excluding ortho intramolecular Hbond substituents is 1. The van der Waals surface area contributed by atoms with E-state index >= 15 is 0 Å². The highest BCUT2D eigenvalue weighted by Crippen LogP contribution is 2.42. The lowest BCUT2D eigenvalue weighted by Crippen LogP contribution is -2.31. The van der Waals surface area contributed by atoms with Crippen LogP contribution in [0.15, 0.2) is 53.8 Å². The maximum absolute atomic E-state index is 13.1. The fraction of sp³-hybridized carbons (Fsp3) is 0.360. The van der Waals surface area contributed by atoms with Crippen LogP contribution in [0.2, 0.25) is 0 Å². The number of nitrogens with zero attached hydrogens (tertiary/aromatic N) is 1. The molecule has 0 aliphatic carbocycles. The zero-order valence-corrected chi connectivity index (χ0v) is 18.8. The maximum Gasteiger partial charge on any atom is 0.290 e. The normalized spacial score (nSPS) is 16.1. The van der Waals surface area contributed by atoms with Crippen LogP contribution in [0.4, 0.5) is 0 Å². The van der Waals surface area contributed by atoms with Crippen molar-refractivity contribution < 1.29 is 29.3 Å². The fourth-order valence-corrected chi connectivity index (χ4v) is 3.92. The molecule has 2 aromatic rings. The SMILES string of the molecule is CCOc1cc(C2C(C(=O)CC(C)C)=C(O)C(=O)N2Cc2ccccc2OC)ccc1O. The summed E-state index contributed by atoms with van der Waals surface area (Å²) in [6.45, 7) is 6.07. The smallest absolute Gasteiger partial charge is 0.290 e. The highest BCUT2D eigenvalue weighted by atomic mass is 16.5. The summed E-state index contributed by atoms with van der Waals surface area (Å²) in [4.78, 5) is 27.7. The molecule has 170 valence electrons. The van der Waals surface area contributed by atoms with Crippen LogP contribution >= 0.6 is 0 Å². The Morgan fingerprint density at radius 2 is 1.84 bits per heavy atom. The van der Waals surface area contributed by atoms with Crippen molar-refractivity contribution in [2.45, 2.75) is 39.8 Å². The number of hydrogen-bond acceptors (Lipinski definition) is 6. The second-order valence-electron chi connectivity index (χ2n) is 8.09. The molecule has 0 aromatic heterocycles. The third-order valence-electron chi connectivity index (χ3n) is 5.33. The van der Waals surface area contributed by atoms with E-state index in [9.17, 15) is 19.8 Å². The number of aliphatic hydroxyl groups is 1. The van der Waals surface area contributed by atoms with E-state index < -0.39 is 17.7 Å². The minimum Gasteiger partial charge on any atom is -0.504 e. The van der Waals surface area contributed by atoms with Gasteiger partial charge in [0.1, 0.15) is 5.75 Å². The molecule has 32 heavy (non-hydrogen) atoms. The van der Waals surface area contributed by atoms with Gasteiger partial charge in [0.25, 0.3) is 5.91 Å². The van der Waals surface area contributed by atoms with E-state index in [2.05, 4.69) is 0 Å². The van der Waals surface area contributed by atoms with Crippen molar-refractivity contribution in [1.29, 1.82) is 0 Å². The molecule has 1 aliphatic rings. The molecule has 0 bridgehead atoms. The quantitative estimate of drug-likeness (QED) is 0.604. The summed E-state index contributed by atoms with van der Waals surface area (Å²) in [7, 11) is 1.55. The number of ether oxygens (including phenoxy) is 2. The first-order valence-electron chi connectivity index (χ1n) is 10.6. The van der Waals surface area contributed by atoms with Crippen molar-refractivity contribution in [3.05, 3.63) is 64.9 Å². The number of hydrogen-bond donors (Lipinski definition) is 2. The van der Waals surface area contributed by atoms with Crippen LogP contribution in [-0.2, 0) is 16.1 Å². The van der Waals surface area contributed by atoms with E-state index in [-0.39, 0.29) is 41.7 Å². The van der Waals surface area contributed by atoms with Crippen LogP contribution in [0.25, 0.3) is 0 Å². The number of Topliss-reactive ketones (excluding diaryl/α,β-unsaturated/α-hetero) is 1. The molecule has 0 saturated heterocycles. The largest absolute Gasteiger partial charge is 0.504 e. The van der Waals surface area contributed by atoms with Gasteiger partial charge in [-0.2, -0.15) is 0 Å². The topological polar surface area (TPSA) is 96.3 Å². The number of para-hydroxylation sites is 1. The Kier molecular flexibility index (Phi) is 7.08. The summed E-state index contributed by atoms with van der Waals surface area (Å²) in [6.07, 6.45) is 0.197. The molecule has 7 heteroatoms. The number of aliphatic hydroxyl groups excluding tert-OH is 1. The van der Waals surface area contributed by atoms with Crippen molar-refractivity contribution in [3.63, 3.8) is 0 Å². The zero-order chi connectivity index (χ0) is 23.4. The van der Waals surface area contributed by atoms with Gasteiger partial charge in [-0.1, -0.05) is 38.1 Å². The Bertz CT molecular complexity index is 1040. The molecule has 1 unspecified atom stereocenters. The van der Waals surface area contributed by atoms with Gasteiger partial charge in [0.05, 0.1) is 31.9 Å². The van der Waals surface area contributed by atoms with E-state index in [1.165, 1.54) is 11.0 Å². The Labute approximate surface area is 187 Å². The van der Waals surface area contributed by atoms with Gasteiger partial charge in [0.15, 0.2) is 23.0 Å². The molecule has 1 amide bonds. The van der Waals surface area contributed by atoms with E-state index in [1.54, 1.807) is 32.2 Å². The third kappa shape index (κ3) is 4.56. The van der Waals surface area contributed by atoms with Crippen LogP contribution in [0.5, 0.6) is 17.2 Å². The number of phenols is 1. The van der Waals surface area contributed by atoms with Crippen molar-refractivity contribution in [2.24, 2.45) is 5.92 Å². The maximum atomic E-state index is 13.1. The van der Waals surface area contributed by atoms with Crippen molar-refractivity contribution in [1.82, 2.24) is 4.90 Å². The predicted octanol–water partition coefficient (Wildman–Crippen LogP) is 4.31. The van der Waals surface area contributed by atoms with Crippen molar-refractivity contribution in [2.75, 3.05) is 13.7 Å². The van der Waals surface area contributed by atoms with Gasteiger partial charge in [0.2, 0.25) is 0 Å². The van der Waals surface area contributed by atoms with Gasteiger partial charge in [-0.25, -0.2) is 0 Å². The summed E-state index contributed by atoms with van der Waals surface area (Å²) >= 11 is 0. The van der Waals surface area contributed by atoms with E-state index in [1.807, 2.05) is 32.0 Å². The summed E-state index contributed by atoms with van der Waals surface area (Å²) in [6, 6.07) is 11.2. The molecule has 0 fully saturated rings. The summed E-state index contributed by atoms with van der Waals surface area (Å²) in [5, 5.41) is 20.9. The van der Waals surface area contributed by atoms with Crippen molar-refractivity contribution >= 4 is 11.7 Å². The van der Waals surface area contributed by atoms with E-state index in [0.717, 1.165) is 5.56 Å². The highest BCUT2D eigenvalue weighted by molar-refractivity contribution is 6.09. The standard InChI is InChI=1S/C25H29NO6/c1-5-32-21-13-16(10-11-18(21)27)23-22(19(28)12-15(2)3)24(29)25(30)26(23)14-17-8-6-7-9-20(17)31-4/h6-11,13,15,23,27,29H,5,12,14H2,1-4H3. The Hall–Kier alpha value is -3.48. The highest BCUT2D eigenvalue weighted by Gasteiger charge is 2.43. The molecular formula is C25H29NO6. The van der Waals surface area contributed by atoms with Gasteiger partial charge in [-0.05, 0) is 36.6 Å². The van der Waals surface area contributed by atoms with Gasteiger partial charge in [-0.3, -0.25) is 9.59 Å². The van der Waals surface area contributed by atoms with Crippen LogP contribution in [-0.4, -0.2) is 40.5 Å². The monoisotopic (exact) mass is 439 g/mol. The number of aromatic hydroxyl groups is 1. The molecule has 0 spiro atoms. The van der Waals surface area contributed by atoms with Crippen LogP contribution in [0.3, 0.4) is 0 Å². The van der Waals surface area contributed by atoms with E-state index in [0.29, 0.717) is 17.9 Å². The number of ketones is 1. The lowest BCUT2D eigenvalue weighted by Gasteiger charge is -2.28. The average Bonchev–Trinajstić information content (AvgIpc) is 3.00. The molecule has 2 N–H and O–H groups in total. The number of rotatable bonds is 9. The van der Waals surface area contributed by atoms with Crippen LogP contribution in [0, 0.1) is 5.92 Å². The molecule has 7 nitrogen and oxygen atoms in total. The zero-order valence-electron chi connectivity index (χ0n) is 18.8. The molecular weight excluding hydrogens is 410 g/mol. The summed E-state index contributed by atoms with van der Waals surface area (Å²) < 4.78 is 10.9. The molecule has 1 aliphatic heterocycles. The van der Waals surface area contributed by atoms with Gasteiger partial charge in [-0.15, -0.1) is 0 Å². The first-order valence-corrected chi connectivity index (χ1v) is 10.6. The Morgan fingerprint density at radius 1 is 1.12 bits per heavy atom. The first-order chi connectivity index (χ1) is 15.3. The summed E-state index contributed by atoms with van der Waals surface area (Å²) in [5.41, 5.74) is 1.36. The number of carbonyl (C=O) groups is 2. The third-order valence-corrected chi connectivity index (χ3v) is 5.33. The summed E-state index contributed by atoms with van der Waals surface area (Å²) in [5.74, 6) is -0.594.